The predicted molar refractivity (Wildman–Crippen MR) is 94.0 cm³/mol. The highest BCUT2D eigenvalue weighted by Crippen LogP contribution is 2.16. The Kier molecular flexibility index (Phi) is 5.85. The molecule has 0 aliphatic heterocycles. The van der Waals surface area contributed by atoms with Gasteiger partial charge in [0.25, 0.3) is 5.91 Å². The quantitative estimate of drug-likeness (QED) is 0.607. The normalized spacial score (nSPS) is 10.6. The Labute approximate surface area is 149 Å². The zero-order valence-electron chi connectivity index (χ0n) is 13.6. The van der Waals surface area contributed by atoms with Crippen LogP contribution in [-0.2, 0) is 17.8 Å². The van der Waals surface area contributed by atoms with E-state index in [1.807, 2.05) is 23.6 Å². The summed E-state index contributed by atoms with van der Waals surface area (Å²) in [6.45, 7) is 0.787. The monoisotopic (exact) mass is 359 g/mol. The van der Waals surface area contributed by atoms with Gasteiger partial charge < -0.3 is 14.1 Å². The topological polar surface area (TPSA) is 42.7 Å². The number of benzene rings is 1. The van der Waals surface area contributed by atoms with Gasteiger partial charge in [0.1, 0.15) is 0 Å². The van der Waals surface area contributed by atoms with Gasteiger partial charge in [-0.15, -0.1) is 11.3 Å². The van der Waals surface area contributed by atoms with Crippen LogP contribution in [-0.4, -0.2) is 24.0 Å². The Hall–Kier alpha value is -2.60. The molecule has 2 heterocycles. The molecule has 0 N–H and O–H groups in total. The van der Waals surface area contributed by atoms with Crippen LogP contribution in [0.5, 0.6) is 5.75 Å². The van der Waals surface area contributed by atoms with Crippen molar-refractivity contribution in [1.29, 1.82) is 0 Å². The molecule has 0 fully saturated rings. The first-order valence-electron chi connectivity index (χ1n) is 7.91. The van der Waals surface area contributed by atoms with Gasteiger partial charge in [-0.25, -0.2) is 4.39 Å². The van der Waals surface area contributed by atoms with Crippen molar-refractivity contribution in [2.24, 2.45) is 0 Å². The van der Waals surface area contributed by atoms with E-state index in [9.17, 15) is 9.18 Å². The third-order valence-electron chi connectivity index (χ3n) is 3.70. The van der Waals surface area contributed by atoms with Crippen LogP contribution in [0.3, 0.4) is 0 Å². The third kappa shape index (κ3) is 4.93. The average Bonchev–Trinajstić information content (AvgIpc) is 3.31. The molecule has 0 aliphatic rings. The Morgan fingerprint density at radius 1 is 1.20 bits per heavy atom. The number of thiophene rings is 1. The third-order valence-corrected chi connectivity index (χ3v) is 4.64. The summed E-state index contributed by atoms with van der Waals surface area (Å²) in [5, 5.41) is 2.01. The van der Waals surface area contributed by atoms with Crippen LogP contribution in [0, 0.1) is 5.82 Å². The number of para-hydroxylation sites is 1. The fraction of sp³-hybridized carbons (Fsp3) is 0.211. The lowest BCUT2D eigenvalue weighted by Gasteiger charge is -2.22. The number of nitrogens with zero attached hydrogens (tertiary/aromatic N) is 1. The van der Waals surface area contributed by atoms with Gasteiger partial charge in [0.15, 0.2) is 18.2 Å². The highest BCUT2D eigenvalue weighted by Gasteiger charge is 2.16. The summed E-state index contributed by atoms with van der Waals surface area (Å²) in [7, 11) is 0. The van der Waals surface area contributed by atoms with E-state index in [0.29, 0.717) is 13.1 Å². The van der Waals surface area contributed by atoms with Crippen LogP contribution in [0.4, 0.5) is 4.39 Å². The summed E-state index contributed by atoms with van der Waals surface area (Å²) in [4.78, 5) is 15.5. The predicted octanol–water partition coefficient (Wildman–Crippen LogP) is 4.13. The van der Waals surface area contributed by atoms with Gasteiger partial charge >= 0.3 is 0 Å². The van der Waals surface area contributed by atoms with Crippen molar-refractivity contribution in [2.45, 2.75) is 13.0 Å². The molecule has 0 aliphatic carbocycles. The molecule has 6 heteroatoms. The number of amides is 1. The summed E-state index contributed by atoms with van der Waals surface area (Å²) >= 11 is 1.66. The first kappa shape index (κ1) is 17.2. The molecule has 0 spiro atoms. The molecule has 1 aromatic carbocycles. The zero-order chi connectivity index (χ0) is 17.5. The maximum Gasteiger partial charge on any atom is 0.260 e. The van der Waals surface area contributed by atoms with Gasteiger partial charge in [-0.2, -0.15) is 0 Å². The SMILES string of the molecule is O=C(COc1ccccc1F)N(CCc1cccs1)Cc1ccoc1. The lowest BCUT2D eigenvalue weighted by atomic mass is 10.2. The lowest BCUT2D eigenvalue weighted by molar-refractivity contribution is -0.134. The van der Waals surface area contributed by atoms with Gasteiger partial charge in [0.2, 0.25) is 0 Å². The first-order chi connectivity index (χ1) is 12.2. The molecule has 25 heavy (non-hydrogen) atoms. The van der Waals surface area contributed by atoms with Crippen LogP contribution < -0.4 is 4.74 Å². The van der Waals surface area contributed by atoms with Gasteiger partial charge in [0.05, 0.1) is 12.5 Å². The fourth-order valence-electron chi connectivity index (χ4n) is 2.39. The minimum atomic E-state index is -0.477. The lowest BCUT2D eigenvalue weighted by Crippen LogP contribution is -2.36. The highest BCUT2D eigenvalue weighted by molar-refractivity contribution is 7.09. The molecule has 2 aromatic heterocycles. The van der Waals surface area contributed by atoms with Crippen molar-refractivity contribution >= 4 is 17.2 Å². The second-order valence-corrected chi connectivity index (χ2v) is 6.53. The Balaban J connectivity index is 1.62. The molecule has 1 amide bonds. The van der Waals surface area contributed by atoms with Crippen molar-refractivity contribution in [3.63, 3.8) is 0 Å². The number of carbonyl (C=O) groups is 1. The number of ether oxygens (including phenoxy) is 1. The van der Waals surface area contributed by atoms with E-state index in [2.05, 4.69) is 0 Å². The minimum Gasteiger partial charge on any atom is -0.481 e. The molecular formula is C19H18FNO3S. The van der Waals surface area contributed by atoms with Crippen molar-refractivity contribution in [2.75, 3.05) is 13.2 Å². The van der Waals surface area contributed by atoms with Crippen LogP contribution in [0.1, 0.15) is 10.4 Å². The summed E-state index contributed by atoms with van der Waals surface area (Å²) in [6, 6.07) is 11.9. The smallest absolute Gasteiger partial charge is 0.260 e. The molecular weight excluding hydrogens is 341 g/mol. The molecule has 130 valence electrons. The average molecular weight is 359 g/mol. The molecule has 0 unspecified atom stereocenters. The summed E-state index contributed by atoms with van der Waals surface area (Å²) in [5.41, 5.74) is 0.908. The van der Waals surface area contributed by atoms with Gasteiger partial charge in [-0.3, -0.25) is 4.79 Å². The number of hydrogen-bond donors (Lipinski definition) is 0. The van der Waals surface area contributed by atoms with E-state index in [0.717, 1.165) is 12.0 Å². The second-order valence-electron chi connectivity index (χ2n) is 5.50. The van der Waals surface area contributed by atoms with E-state index in [4.69, 9.17) is 9.15 Å². The first-order valence-corrected chi connectivity index (χ1v) is 8.79. The van der Waals surface area contributed by atoms with E-state index < -0.39 is 5.82 Å². The summed E-state index contributed by atoms with van der Waals surface area (Å²) in [6.07, 6.45) is 3.96. The summed E-state index contributed by atoms with van der Waals surface area (Å²) < 4.78 is 24.0. The fourth-order valence-corrected chi connectivity index (χ4v) is 3.09. The molecule has 0 saturated heterocycles. The standard InChI is InChI=1S/C19H18FNO3S/c20-17-5-1-2-6-18(17)24-14-19(22)21(12-15-8-10-23-13-15)9-7-16-4-3-11-25-16/h1-6,8,10-11,13H,7,9,12,14H2. The number of rotatable bonds is 8. The largest absolute Gasteiger partial charge is 0.481 e. The number of furan rings is 1. The molecule has 4 nitrogen and oxygen atoms in total. The van der Waals surface area contributed by atoms with Crippen molar-refractivity contribution in [3.8, 4) is 5.75 Å². The maximum atomic E-state index is 13.6. The van der Waals surface area contributed by atoms with Crippen LogP contribution >= 0.6 is 11.3 Å². The number of halogens is 1. The van der Waals surface area contributed by atoms with E-state index in [1.54, 1.807) is 40.9 Å². The van der Waals surface area contributed by atoms with E-state index in [-0.39, 0.29) is 18.3 Å². The van der Waals surface area contributed by atoms with Crippen molar-refractivity contribution in [3.05, 3.63) is 76.6 Å². The molecule has 0 bridgehead atoms. The Bertz CT molecular complexity index is 787. The molecule has 0 atom stereocenters. The second kappa shape index (κ2) is 8.48. The van der Waals surface area contributed by atoms with Crippen molar-refractivity contribution < 1.29 is 18.3 Å². The Morgan fingerprint density at radius 2 is 2.08 bits per heavy atom. The van der Waals surface area contributed by atoms with Gasteiger partial charge in [-0.1, -0.05) is 18.2 Å². The van der Waals surface area contributed by atoms with E-state index >= 15 is 0 Å². The number of hydrogen-bond acceptors (Lipinski definition) is 4. The zero-order valence-corrected chi connectivity index (χ0v) is 14.4. The highest BCUT2D eigenvalue weighted by atomic mass is 32.1. The number of carbonyl (C=O) groups excluding carboxylic acids is 1. The molecule has 3 aromatic rings. The van der Waals surface area contributed by atoms with Gasteiger partial charge in [0, 0.05) is 23.5 Å². The Morgan fingerprint density at radius 3 is 2.80 bits per heavy atom. The van der Waals surface area contributed by atoms with Crippen molar-refractivity contribution in [1.82, 2.24) is 4.90 Å². The minimum absolute atomic E-state index is 0.0809. The molecule has 0 saturated carbocycles. The van der Waals surface area contributed by atoms with E-state index in [1.165, 1.54) is 17.0 Å². The molecule has 3 rings (SSSR count). The summed E-state index contributed by atoms with van der Waals surface area (Å²) in [5.74, 6) is -0.589. The maximum absolute atomic E-state index is 13.6. The van der Waals surface area contributed by atoms with Crippen LogP contribution in [0.2, 0.25) is 0 Å². The molecule has 0 radical (unpaired) electrons. The van der Waals surface area contributed by atoms with Crippen LogP contribution in [0.25, 0.3) is 0 Å². The van der Waals surface area contributed by atoms with Gasteiger partial charge in [-0.05, 0) is 36.1 Å². The van der Waals surface area contributed by atoms with Crippen LogP contribution in [0.15, 0.2) is 64.8 Å².